The molecule has 12 nitrogen and oxygen atoms in total. The van der Waals surface area contributed by atoms with E-state index < -0.39 is 61.0 Å². The monoisotopic (exact) mass is 618 g/mol. The van der Waals surface area contributed by atoms with Crippen LogP contribution in [0, 0.1) is 0 Å². The highest BCUT2D eigenvalue weighted by Crippen LogP contribution is 2.28. The second-order valence-electron chi connectivity index (χ2n) is 11.4. The molecule has 0 bridgehead atoms. The standard InChI is InChI=1S/C31H54O12/c1-3-4-5-6-8-11-14-17-23(18-15-12-9-7-10-13-16-19-25(33)34)41-31-29(39)30(43-27(37)20-26(35)36)28(38)24(42-31)21-40-22(2)32/h23-24,28-31,38-39H,3-21H2,1-2H3,(H,33,34)(H,35,36)/t23?,24-,28-,29+,30+,31-/m0/s1. The van der Waals surface area contributed by atoms with Crippen LogP contribution >= 0.6 is 0 Å². The molecule has 12 heteroatoms. The summed E-state index contributed by atoms with van der Waals surface area (Å²) < 4.78 is 22.2. The first-order chi connectivity index (χ1) is 20.5. The largest absolute Gasteiger partial charge is 0.481 e. The van der Waals surface area contributed by atoms with Crippen LogP contribution < -0.4 is 0 Å². The number of esters is 2. The van der Waals surface area contributed by atoms with Gasteiger partial charge in [-0.05, 0) is 19.3 Å². The number of hydrogen-bond donors (Lipinski definition) is 4. The van der Waals surface area contributed by atoms with Gasteiger partial charge in [0.25, 0.3) is 0 Å². The number of aliphatic carboxylic acids is 2. The van der Waals surface area contributed by atoms with E-state index in [1.807, 2.05) is 0 Å². The van der Waals surface area contributed by atoms with Crippen LogP contribution in [0.5, 0.6) is 0 Å². The summed E-state index contributed by atoms with van der Waals surface area (Å²) in [5.74, 6) is -3.93. The van der Waals surface area contributed by atoms with Crippen LogP contribution in [-0.2, 0) is 38.1 Å². The van der Waals surface area contributed by atoms with Gasteiger partial charge in [0.15, 0.2) is 12.4 Å². The van der Waals surface area contributed by atoms with Crippen molar-refractivity contribution in [1.82, 2.24) is 0 Å². The van der Waals surface area contributed by atoms with Crippen LogP contribution in [0.2, 0.25) is 0 Å². The number of aliphatic hydroxyl groups is 2. The first-order valence-electron chi connectivity index (χ1n) is 16.0. The third-order valence-electron chi connectivity index (χ3n) is 7.53. The third-order valence-corrected chi connectivity index (χ3v) is 7.53. The topological polar surface area (TPSA) is 186 Å². The Morgan fingerprint density at radius 3 is 1.79 bits per heavy atom. The van der Waals surface area contributed by atoms with Crippen molar-refractivity contribution >= 4 is 23.9 Å². The molecule has 43 heavy (non-hydrogen) atoms. The number of carbonyl (C=O) groups is 4. The molecule has 0 amide bonds. The summed E-state index contributed by atoms with van der Waals surface area (Å²) in [5.41, 5.74) is 0. The zero-order valence-electron chi connectivity index (χ0n) is 26.0. The van der Waals surface area contributed by atoms with Gasteiger partial charge in [0, 0.05) is 13.3 Å². The molecule has 0 aromatic heterocycles. The Morgan fingerprint density at radius 1 is 0.744 bits per heavy atom. The van der Waals surface area contributed by atoms with Gasteiger partial charge in [-0.2, -0.15) is 0 Å². The van der Waals surface area contributed by atoms with Crippen LogP contribution in [0.4, 0.5) is 0 Å². The smallest absolute Gasteiger partial charge is 0.317 e. The summed E-state index contributed by atoms with van der Waals surface area (Å²) in [5, 5.41) is 39.4. The second-order valence-corrected chi connectivity index (χ2v) is 11.4. The molecule has 250 valence electrons. The Morgan fingerprint density at radius 2 is 1.28 bits per heavy atom. The lowest BCUT2D eigenvalue weighted by Gasteiger charge is -2.42. The van der Waals surface area contributed by atoms with E-state index in [4.69, 9.17) is 29.2 Å². The van der Waals surface area contributed by atoms with E-state index in [0.717, 1.165) is 64.2 Å². The van der Waals surface area contributed by atoms with Crippen molar-refractivity contribution in [2.45, 2.75) is 166 Å². The van der Waals surface area contributed by atoms with Crippen LogP contribution in [0.25, 0.3) is 0 Å². The maximum Gasteiger partial charge on any atom is 0.317 e. The quantitative estimate of drug-likeness (QED) is 0.0638. The second kappa shape index (κ2) is 23.1. The Hall–Kier alpha value is -2.28. The van der Waals surface area contributed by atoms with E-state index in [2.05, 4.69) is 6.92 Å². The summed E-state index contributed by atoms with van der Waals surface area (Å²) in [6, 6.07) is 0. The highest BCUT2D eigenvalue weighted by atomic mass is 16.7. The minimum absolute atomic E-state index is 0.199. The van der Waals surface area contributed by atoms with Crippen molar-refractivity contribution in [2.24, 2.45) is 0 Å². The molecule has 1 rings (SSSR count). The van der Waals surface area contributed by atoms with Gasteiger partial charge >= 0.3 is 23.9 Å². The van der Waals surface area contributed by atoms with Gasteiger partial charge in [-0.25, -0.2) is 0 Å². The highest BCUT2D eigenvalue weighted by molar-refractivity contribution is 5.90. The van der Waals surface area contributed by atoms with Crippen LogP contribution in [0.1, 0.15) is 129 Å². The Kier molecular flexibility index (Phi) is 20.9. The Bertz CT molecular complexity index is 804. The summed E-state index contributed by atoms with van der Waals surface area (Å²) in [6.45, 7) is 3.00. The minimum atomic E-state index is -1.59. The number of ether oxygens (including phenoxy) is 4. The molecule has 4 N–H and O–H groups in total. The molecule has 0 spiro atoms. The predicted molar refractivity (Wildman–Crippen MR) is 156 cm³/mol. The Balaban J connectivity index is 2.80. The van der Waals surface area contributed by atoms with Gasteiger partial charge < -0.3 is 39.4 Å². The number of rotatable bonds is 25. The van der Waals surface area contributed by atoms with Gasteiger partial charge in [0.2, 0.25) is 0 Å². The summed E-state index contributed by atoms with van der Waals surface area (Å²) in [4.78, 5) is 45.1. The summed E-state index contributed by atoms with van der Waals surface area (Å²) >= 11 is 0. The van der Waals surface area contributed by atoms with Crippen molar-refractivity contribution in [3.05, 3.63) is 0 Å². The Labute approximate surface area is 255 Å². The van der Waals surface area contributed by atoms with Crippen LogP contribution in [0.15, 0.2) is 0 Å². The average Bonchev–Trinajstić information content (AvgIpc) is 2.93. The van der Waals surface area contributed by atoms with Crippen LogP contribution in [0.3, 0.4) is 0 Å². The first-order valence-corrected chi connectivity index (χ1v) is 16.0. The molecule has 0 aromatic carbocycles. The van der Waals surface area contributed by atoms with Crippen molar-refractivity contribution in [1.29, 1.82) is 0 Å². The molecule has 1 aliphatic rings. The van der Waals surface area contributed by atoms with Gasteiger partial charge in [0.1, 0.15) is 31.3 Å². The average molecular weight is 619 g/mol. The fourth-order valence-corrected chi connectivity index (χ4v) is 5.14. The van der Waals surface area contributed by atoms with E-state index in [0.29, 0.717) is 12.8 Å². The fourth-order valence-electron chi connectivity index (χ4n) is 5.14. The molecule has 1 heterocycles. The van der Waals surface area contributed by atoms with Crippen molar-refractivity contribution in [3.63, 3.8) is 0 Å². The summed E-state index contributed by atoms with van der Waals surface area (Å²) in [6.07, 6.45) is 7.52. The van der Waals surface area contributed by atoms with Gasteiger partial charge in [-0.1, -0.05) is 90.4 Å². The fraction of sp³-hybridized carbons (Fsp3) is 0.871. The molecule has 1 saturated heterocycles. The zero-order chi connectivity index (χ0) is 32.0. The molecule has 0 radical (unpaired) electrons. The highest BCUT2D eigenvalue weighted by Gasteiger charge is 2.48. The van der Waals surface area contributed by atoms with E-state index in [1.54, 1.807) is 0 Å². The lowest BCUT2D eigenvalue weighted by molar-refractivity contribution is -0.314. The van der Waals surface area contributed by atoms with Gasteiger partial charge in [0.05, 0.1) is 6.10 Å². The van der Waals surface area contributed by atoms with E-state index >= 15 is 0 Å². The van der Waals surface area contributed by atoms with Crippen molar-refractivity contribution < 1.29 is 58.6 Å². The number of unbranched alkanes of at least 4 members (excludes halogenated alkanes) is 12. The molecule has 6 atom stereocenters. The lowest BCUT2D eigenvalue weighted by atomic mass is 9.98. The van der Waals surface area contributed by atoms with Crippen molar-refractivity contribution in [3.8, 4) is 0 Å². The van der Waals surface area contributed by atoms with E-state index in [-0.39, 0.29) is 19.1 Å². The molecule has 0 aromatic rings. The SMILES string of the molecule is CCCCCCCCCC(CCCCCCCCCC(=O)O)O[C@H]1O[C@@H](COC(C)=O)[C@H](O)[C@@H](OC(=O)CC(=O)O)[C@H]1O. The normalized spacial score (nSPS) is 22.6. The lowest BCUT2D eigenvalue weighted by Crippen LogP contribution is -2.61. The maximum atomic E-state index is 12.1. The van der Waals surface area contributed by atoms with Gasteiger partial charge in [-0.3, -0.25) is 19.2 Å². The summed E-state index contributed by atoms with van der Waals surface area (Å²) in [7, 11) is 0. The predicted octanol–water partition coefficient (Wildman–Crippen LogP) is 4.50. The van der Waals surface area contributed by atoms with Crippen molar-refractivity contribution in [2.75, 3.05) is 6.61 Å². The van der Waals surface area contributed by atoms with Crippen LogP contribution in [-0.4, -0.2) is 87.7 Å². The molecular weight excluding hydrogens is 564 g/mol. The minimum Gasteiger partial charge on any atom is -0.481 e. The number of carboxylic acid groups (broad SMARTS) is 2. The number of carboxylic acids is 2. The molecular formula is C31H54O12. The first kappa shape index (κ1) is 38.7. The molecule has 1 fully saturated rings. The van der Waals surface area contributed by atoms with Gasteiger partial charge in [-0.15, -0.1) is 0 Å². The molecule has 0 aliphatic carbocycles. The maximum absolute atomic E-state index is 12.1. The number of carbonyl (C=O) groups excluding carboxylic acids is 2. The molecule has 1 unspecified atom stereocenters. The number of hydrogen-bond acceptors (Lipinski definition) is 10. The molecule has 0 saturated carbocycles. The van der Waals surface area contributed by atoms with E-state index in [9.17, 15) is 29.4 Å². The third kappa shape index (κ3) is 18.2. The number of aliphatic hydroxyl groups excluding tert-OH is 2. The zero-order valence-corrected chi connectivity index (χ0v) is 26.0. The molecule has 1 aliphatic heterocycles. The van der Waals surface area contributed by atoms with E-state index in [1.165, 1.54) is 32.6 Å².